The summed E-state index contributed by atoms with van der Waals surface area (Å²) >= 11 is 0. The largest absolute Gasteiger partial charge is 0.471 e. The van der Waals surface area contributed by atoms with Gasteiger partial charge in [0, 0.05) is 31.7 Å². The zero-order valence-electron chi connectivity index (χ0n) is 13.3. The van der Waals surface area contributed by atoms with Crippen LogP contribution in [0.1, 0.15) is 34.9 Å². The summed E-state index contributed by atoms with van der Waals surface area (Å²) in [5, 5.41) is 5.96. The maximum atomic E-state index is 12.4. The van der Waals surface area contributed by atoms with Crippen LogP contribution in [0.4, 0.5) is 18.9 Å². The Balaban J connectivity index is 1.59. The molecule has 1 aliphatic heterocycles. The van der Waals surface area contributed by atoms with Gasteiger partial charge in [0.25, 0.3) is 5.91 Å². The number of aromatic nitrogens is 2. The average molecular weight is 354 g/mol. The molecule has 134 valence electrons. The molecule has 2 heterocycles. The van der Waals surface area contributed by atoms with Crippen molar-refractivity contribution in [3.8, 4) is 0 Å². The summed E-state index contributed by atoms with van der Waals surface area (Å²) < 4.78 is 41.3. The molecule has 1 saturated heterocycles. The number of nitrogens with zero attached hydrogens (tertiary/aromatic N) is 3. The number of para-hydroxylation sites is 1. The second-order valence-electron chi connectivity index (χ2n) is 5.73. The van der Waals surface area contributed by atoms with Gasteiger partial charge in [0.1, 0.15) is 0 Å². The third-order valence-electron chi connectivity index (χ3n) is 3.94. The van der Waals surface area contributed by atoms with E-state index in [-0.39, 0.29) is 24.7 Å². The van der Waals surface area contributed by atoms with E-state index < -0.39 is 12.1 Å². The third kappa shape index (κ3) is 4.09. The number of carbonyl (C=O) groups is 1. The number of benzene rings is 1. The van der Waals surface area contributed by atoms with E-state index >= 15 is 0 Å². The van der Waals surface area contributed by atoms with Crippen LogP contribution in [-0.4, -0.2) is 35.7 Å². The zero-order chi connectivity index (χ0) is 17.9. The van der Waals surface area contributed by atoms with Crippen molar-refractivity contribution in [2.24, 2.45) is 0 Å². The molecule has 2 aromatic rings. The van der Waals surface area contributed by atoms with E-state index in [4.69, 9.17) is 0 Å². The zero-order valence-corrected chi connectivity index (χ0v) is 13.3. The minimum Gasteiger partial charge on any atom is -0.371 e. The molecule has 3 rings (SSSR count). The summed E-state index contributed by atoms with van der Waals surface area (Å²) in [6.07, 6.45) is -2.43. The lowest BCUT2D eigenvalue weighted by Crippen LogP contribution is -2.29. The Labute approximate surface area is 142 Å². The quantitative estimate of drug-likeness (QED) is 0.894. The van der Waals surface area contributed by atoms with Crippen LogP contribution in [-0.2, 0) is 12.6 Å². The molecule has 1 aliphatic rings. The number of halogens is 3. The number of hydrogen-bond donors (Lipinski definition) is 1. The van der Waals surface area contributed by atoms with Crippen molar-refractivity contribution < 1.29 is 22.5 Å². The van der Waals surface area contributed by atoms with Crippen molar-refractivity contribution in [2.75, 3.05) is 24.5 Å². The Morgan fingerprint density at radius 3 is 2.64 bits per heavy atom. The van der Waals surface area contributed by atoms with E-state index in [1.807, 2.05) is 12.1 Å². The van der Waals surface area contributed by atoms with Crippen LogP contribution in [0.15, 0.2) is 28.8 Å². The number of nitrogens with one attached hydrogen (secondary N) is 1. The topological polar surface area (TPSA) is 71.3 Å². The van der Waals surface area contributed by atoms with Crippen LogP contribution in [0.3, 0.4) is 0 Å². The highest BCUT2D eigenvalue weighted by molar-refractivity contribution is 5.99. The maximum absolute atomic E-state index is 12.4. The normalized spacial score (nSPS) is 14.8. The van der Waals surface area contributed by atoms with Crippen LogP contribution in [0, 0.1) is 0 Å². The van der Waals surface area contributed by atoms with Crippen molar-refractivity contribution >= 4 is 11.6 Å². The second kappa shape index (κ2) is 7.12. The fourth-order valence-corrected chi connectivity index (χ4v) is 2.75. The molecule has 9 heteroatoms. The minimum absolute atomic E-state index is 0.0528. The summed E-state index contributed by atoms with van der Waals surface area (Å²) in [5.41, 5.74) is 1.42. The fraction of sp³-hybridized carbons (Fsp3) is 0.438. The van der Waals surface area contributed by atoms with Gasteiger partial charge in [-0.1, -0.05) is 17.3 Å². The predicted molar refractivity (Wildman–Crippen MR) is 83.2 cm³/mol. The van der Waals surface area contributed by atoms with Gasteiger partial charge in [-0.05, 0) is 25.0 Å². The lowest BCUT2D eigenvalue weighted by atomic mass is 10.1. The fourth-order valence-electron chi connectivity index (χ4n) is 2.75. The highest BCUT2D eigenvalue weighted by atomic mass is 19.4. The van der Waals surface area contributed by atoms with Crippen LogP contribution in [0.5, 0.6) is 0 Å². The van der Waals surface area contributed by atoms with Crippen molar-refractivity contribution in [1.82, 2.24) is 15.5 Å². The van der Waals surface area contributed by atoms with Gasteiger partial charge in [-0.15, -0.1) is 0 Å². The van der Waals surface area contributed by atoms with E-state index in [1.165, 1.54) is 0 Å². The standard InChI is InChI=1S/C16H17F3N4O2/c17-16(18,19)15-21-13(22-25-15)7-8-20-14(24)11-5-1-2-6-12(11)23-9-3-4-10-23/h1-2,5-6H,3-4,7-10H2,(H,20,24). The lowest BCUT2D eigenvalue weighted by molar-refractivity contribution is -0.159. The van der Waals surface area contributed by atoms with Crippen LogP contribution < -0.4 is 10.2 Å². The third-order valence-corrected chi connectivity index (χ3v) is 3.94. The smallest absolute Gasteiger partial charge is 0.371 e. The van der Waals surface area contributed by atoms with Crippen LogP contribution in [0.25, 0.3) is 0 Å². The van der Waals surface area contributed by atoms with Gasteiger partial charge in [0.2, 0.25) is 0 Å². The lowest BCUT2D eigenvalue weighted by Gasteiger charge is -2.20. The molecule has 0 unspecified atom stereocenters. The second-order valence-corrected chi connectivity index (χ2v) is 5.73. The monoisotopic (exact) mass is 354 g/mol. The number of hydrogen-bond acceptors (Lipinski definition) is 5. The Hall–Kier alpha value is -2.58. The highest BCUT2D eigenvalue weighted by Gasteiger charge is 2.38. The van der Waals surface area contributed by atoms with Gasteiger partial charge in [-0.25, -0.2) is 0 Å². The molecular formula is C16H17F3N4O2. The summed E-state index contributed by atoms with van der Waals surface area (Å²) in [5.74, 6) is -1.75. The molecule has 0 aliphatic carbocycles. The summed E-state index contributed by atoms with van der Waals surface area (Å²) in [6, 6.07) is 7.29. The van der Waals surface area contributed by atoms with Gasteiger partial charge in [0.05, 0.1) is 5.56 Å². The molecule has 6 nitrogen and oxygen atoms in total. The van der Waals surface area contributed by atoms with E-state index in [9.17, 15) is 18.0 Å². The van der Waals surface area contributed by atoms with Gasteiger partial charge >= 0.3 is 12.1 Å². The molecule has 0 atom stereocenters. The minimum atomic E-state index is -4.66. The Bertz CT molecular complexity index is 739. The van der Waals surface area contributed by atoms with Gasteiger partial charge in [-0.2, -0.15) is 18.2 Å². The number of rotatable bonds is 5. The number of carbonyl (C=O) groups excluding carboxylic acids is 1. The predicted octanol–water partition coefficient (Wildman–Crippen LogP) is 2.66. The molecule has 0 bridgehead atoms. The van der Waals surface area contributed by atoms with E-state index in [0.717, 1.165) is 31.6 Å². The molecule has 1 amide bonds. The summed E-state index contributed by atoms with van der Waals surface area (Å²) in [6.45, 7) is 1.94. The highest BCUT2D eigenvalue weighted by Crippen LogP contribution is 2.27. The molecule has 0 radical (unpaired) electrons. The Kier molecular flexibility index (Phi) is 4.91. The first-order valence-corrected chi connectivity index (χ1v) is 7.97. The van der Waals surface area contributed by atoms with E-state index in [1.54, 1.807) is 12.1 Å². The van der Waals surface area contributed by atoms with E-state index in [0.29, 0.717) is 5.56 Å². The first-order chi connectivity index (χ1) is 11.9. The van der Waals surface area contributed by atoms with Gasteiger partial charge in [-0.3, -0.25) is 4.79 Å². The first-order valence-electron chi connectivity index (χ1n) is 7.97. The maximum Gasteiger partial charge on any atom is 0.471 e. The van der Waals surface area contributed by atoms with Crippen LogP contribution >= 0.6 is 0 Å². The molecule has 1 aromatic carbocycles. The SMILES string of the molecule is O=C(NCCc1noc(C(F)(F)F)n1)c1ccccc1N1CCCC1. The van der Waals surface area contributed by atoms with Crippen molar-refractivity contribution in [2.45, 2.75) is 25.4 Å². The number of alkyl halides is 3. The number of amides is 1. The summed E-state index contributed by atoms with van der Waals surface area (Å²) in [7, 11) is 0. The Morgan fingerprint density at radius 2 is 1.96 bits per heavy atom. The molecule has 1 fully saturated rings. The Morgan fingerprint density at radius 1 is 1.24 bits per heavy atom. The van der Waals surface area contributed by atoms with Crippen molar-refractivity contribution in [3.63, 3.8) is 0 Å². The number of anilines is 1. The van der Waals surface area contributed by atoms with Gasteiger partial charge < -0.3 is 14.7 Å². The molecule has 1 aromatic heterocycles. The molecule has 0 saturated carbocycles. The van der Waals surface area contributed by atoms with Crippen molar-refractivity contribution in [3.05, 3.63) is 41.5 Å². The molecule has 25 heavy (non-hydrogen) atoms. The van der Waals surface area contributed by atoms with Crippen molar-refractivity contribution in [1.29, 1.82) is 0 Å². The molecular weight excluding hydrogens is 337 g/mol. The summed E-state index contributed by atoms with van der Waals surface area (Å²) in [4.78, 5) is 17.8. The van der Waals surface area contributed by atoms with E-state index in [2.05, 4.69) is 24.9 Å². The van der Waals surface area contributed by atoms with Crippen LogP contribution in [0.2, 0.25) is 0 Å². The van der Waals surface area contributed by atoms with Gasteiger partial charge in [0.15, 0.2) is 5.82 Å². The molecule has 1 N–H and O–H groups in total. The first kappa shape index (κ1) is 17.2. The molecule has 0 spiro atoms. The average Bonchev–Trinajstić information content (AvgIpc) is 3.26.